The van der Waals surface area contributed by atoms with Gasteiger partial charge in [-0.05, 0) is 13.0 Å². The molecule has 0 aromatic carbocycles. The number of halogens is 3. The van der Waals surface area contributed by atoms with Crippen molar-refractivity contribution in [2.45, 2.75) is 19.6 Å². The van der Waals surface area contributed by atoms with Gasteiger partial charge in [-0.2, -0.15) is 13.2 Å². The summed E-state index contributed by atoms with van der Waals surface area (Å²) in [6.07, 6.45) is -3.06. The molecule has 1 atom stereocenters. The first kappa shape index (κ1) is 15.2. The van der Waals surface area contributed by atoms with Gasteiger partial charge in [-0.3, -0.25) is 0 Å². The summed E-state index contributed by atoms with van der Waals surface area (Å²) >= 11 is 0. The van der Waals surface area contributed by atoms with Crippen LogP contribution in [0.2, 0.25) is 0 Å². The van der Waals surface area contributed by atoms with Crippen molar-refractivity contribution < 1.29 is 18.4 Å². The number of oxime groups is 1. The van der Waals surface area contributed by atoms with Crippen LogP contribution in [0.25, 0.3) is 0 Å². The molecule has 1 unspecified atom stereocenters. The number of hydrogen-bond acceptors (Lipinski definition) is 5. The predicted molar refractivity (Wildman–Crippen MR) is 61.4 cm³/mol. The number of hydrogen-bond donors (Lipinski definition) is 3. The number of amidine groups is 1. The molecule has 0 aliphatic rings. The molecule has 0 amide bonds. The Morgan fingerprint density at radius 3 is 2.79 bits per heavy atom. The van der Waals surface area contributed by atoms with Gasteiger partial charge in [-0.1, -0.05) is 5.16 Å². The first-order valence-corrected chi connectivity index (χ1v) is 5.38. The Labute approximate surface area is 107 Å². The molecule has 0 bridgehead atoms. The van der Waals surface area contributed by atoms with Crippen molar-refractivity contribution in [3.63, 3.8) is 0 Å². The second kappa shape index (κ2) is 6.32. The molecule has 19 heavy (non-hydrogen) atoms. The molecular formula is C10H14F3N5O. The third kappa shape index (κ3) is 4.70. The molecule has 1 heterocycles. The fourth-order valence-electron chi connectivity index (χ4n) is 1.41. The number of nitrogens with two attached hydrogens (primary N) is 1. The molecule has 0 saturated heterocycles. The van der Waals surface area contributed by atoms with Crippen LogP contribution in [0, 0.1) is 12.8 Å². The minimum Gasteiger partial charge on any atom is -0.409 e. The minimum absolute atomic E-state index is 0.134. The van der Waals surface area contributed by atoms with Crippen LogP contribution in [-0.4, -0.2) is 33.7 Å². The van der Waals surface area contributed by atoms with E-state index in [1.807, 2.05) is 0 Å². The van der Waals surface area contributed by atoms with Crippen LogP contribution in [0.5, 0.6) is 0 Å². The number of aromatic nitrogens is 2. The Morgan fingerprint density at radius 2 is 2.26 bits per heavy atom. The molecule has 9 heteroatoms. The van der Waals surface area contributed by atoms with Crippen LogP contribution in [0.15, 0.2) is 17.4 Å². The predicted octanol–water partition coefficient (Wildman–Crippen LogP) is 0.800. The Kier molecular flexibility index (Phi) is 5.04. The average molecular weight is 277 g/mol. The molecule has 6 nitrogen and oxygen atoms in total. The minimum atomic E-state index is -4.58. The highest BCUT2D eigenvalue weighted by molar-refractivity contribution is 5.83. The number of rotatable bonds is 5. The highest BCUT2D eigenvalue weighted by Gasteiger charge is 2.42. The summed E-state index contributed by atoms with van der Waals surface area (Å²) in [6.45, 7) is 1.31. The smallest absolute Gasteiger partial charge is 0.400 e. The van der Waals surface area contributed by atoms with Crippen LogP contribution >= 0.6 is 0 Å². The second-order valence-electron chi connectivity index (χ2n) is 3.85. The Morgan fingerprint density at radius 1 is 1.58 bits per heavy atom. The van der Waals surface area contributed by atoms with Gasteiger partial charge in [-0.25, -0.2) is 9.97 Å². The van der Waals surface area contributed by atoms with E-state index in [0.717, 1.165) is 0 Å². The summed E-state index contributed by atoms with van der Waals surface area (Å²) in [4.78, 5) is 7.90. The van der Waals surface area contributed by atoms with E-state index >= 15 is 0 Å². The van der Waals surface area contributed by atoms with E-state index in [-0.39, 0.29) is 6.54 Å². The fourth-order valence-corrected chi connectivity index (χ4v) is 1.41. The van der Waals surface area contributed by atoms with Gasteiger partial charge in [0.15, 0.2) is 5.84 Å². The van der Waals surface area contributed by atoms with Gasteiger partial charge in [0.1, 0.15) is 11.7 Å². The molecule has 0 spiro atoms. The van der Waals surface area contributed by atoms with E-state index in [1.165, 1.54) is 6.20 Å². The van der Waals surface area contributed by atoms with Crippen molar-refractivity contribution in [1.82, 2.24) is 15.3 Å². The van der Waals surface area contributed by atoms with Crippen LogP contribution < -0.4 is 11.1 Å². The lowest BCUT2D eigenvalue weighted by atomic mass is 10.1. The van der Waals surface area contributed by atoms with Crippen molar-refractivity contribution in [2.75, 3.05) is 6.54 Å². The third-order valence-electron chi connectivity index (χ3n) is 2.36. The summed E-state index contributed by atoms with van der Waals surface area (Å²) in [5.41, 5.74) is 5.58. The maximum atomic E-state index is 12.6. The van der Waals surface area contributed by atoms with Crippen molar-refractivity contribution >= 4 is 5.84 Å². The van der Waals surface area contributed by atoms with Crippen molar-refractivity contribution in [3.8, 4) is 0 Å². The Bertz CT molecular complexity index is 449. The van der Waals surface area contributed by atoms with E-state index in [0.29, 0.717) is 11.5 Å². The van der Waals surface area contributed by atoms with Gasteiger partial charge in [0, 0.05) is 19.3 Å². The Hall–Kier alpha value is -1.90. The molecule has 0 saturated carbocycles. The molecule has 0 aliphatic heterocycles. The lowest BCUT2D eigenvalue weighted by molar-refractivity contribution is -0.155. The standard InChI is InChI=1S/C10H14F3N5O/c1-6-16-3-2-7(17-6)4-15-5-8(9(14)18-19)10(11,12)13/h2-3,8,15,19H,4-5H2,1H3,(H2,14,18). The zero-order valence-electron chi connectivity index (χ0n) is 10.1. The first-order chi connectivity index (χ1) is 8.84. The SMILES string of the molecule is Cc1nccc(CNCC(/C(N)=N/O)C(F)(F)F)n1. The number of aryl methyl sites for hydroxylation is 1. The monoisotopic (exact) mass is 277 g/mol. The van der Waals surface area contributed by atoms with Crippen LogP contribution in [0.4, 0.5) is 13.2 Å². The lowest BCUT2D eigenvalue weighted by Crippen LogP contribution is -2.42. The van der Waals surface area contributed by atoms with E-state index in [4.69, 9.17) is 10.9 Å². The summed E-state index contributed by atoms with van der Waals surface area (Å²) in [6, 6.07) is 1.59. The van der Waals surface area contributed by atoms with Gasteiger partial charge in [0.25, 0.3) is 0 Å². The Balaban J connectivity index is 2.58. The quantitative estimate of drug-likeness (QED) is 0.320. The maximum Gasteiger partial charge on any atom is 0.400 e. The summed E-state index contributed by atoms with van der Waals surface area (Å²) in [7, 11) is 0. The number of nitrogens with one attached hydrogen (secondary N) is 1. The molecule has 1 aromatic heterocycles. The largest absolute Gasteiger partial charge is 0.409 e. The molecule has 0 radical (unpaired) electrons. The normalized spacial score (nSPS) is 14.4. The van der Waals surface area contributed by atoms with Crippen LogP contribution in [0.1, 0.15) is 11.5 Å². The van der Waals surface area contributed by atoms with Gasteiger partial charge < -0.3 is 16.3 Å². The molecule has 1 aromatic rings. The topological polar surface area (TPSA) is 96.4 Å². The fraction of sp³-hybridized carbons (Fsp3) is 0.500. The molecule has 0 aliphatic carbocycles. The molecule has 106 valence electrons. The molecule has 4 N–H and O–H groups in total. The summed E-state index contributed by atoms with van der Waals surface area (Å²) in [5, 5.41) is 13.3. The van der Waals surface area contributed by atoms with Gasteiger partial charge in [0.2, 0.25) is 0 Å². The zero-order chi connectivity index (χ0) is 14.5. The average Bonchev–Trinajstić information content (AvgIpc) is 2.32. The molecule has 1 rings (SSSR count). The van der Waals surface area contributed by atoms with E-state index in [1.54, 1.807) is 13.0 Å². The number of alkyl halides is 3. The summed E-state index contributed by atoms with van der Waals surface area (Å²) < 4.78 is 37.8. The van der Waals surface area contributed by atoms with Crippen LogP contribution in [-0.2, 0) is 6.54 Å². The van der Waals surface area contributed by atoms with Crippen molar-refractivity contribution in [3.05, 3.63) is 23.8 Å². The van der Waals surface area contributed by atoms with Crippen molar-refractivity contribution in [1.29, 1.82) is 0 Å². The molecule has 0 fully saturated rings. The molecular weight excluding hydrogens is 263 g/mol. The van der Waals surface area contributed by atoms with Crippen LogP contribution in [0.3, 0.4) is 0 Å². The lowest BCUT2D eigenvalue weighted by Gasteiger charge is -2.19. The highest BCUT2D eigenvalue weighted by atomic mass is 19.4. The highest BCUT2D eigenvalue weighted by Crippen LogP contribution is 2.25. The summed E-state index contributed by atoms with van der Waals surface area (Å²) in [5.74, 6) is -2.39. The van der Waals surface area contributed by atoms with E-state index < -0.39 is 24.5 Å². The maximum absolute atomic E-state index is 12.6. The van der Waals surface area contributed by atoms with Gasteiger partial charge in [-0.15, -0.1) is 0 Å². The first-order valence-electron chi connectivity index (χ1n) is 5.38. The van der Waals surface area contributed by atoms with Crippen molar-refractivity contribution in [2.24, 2.45) is 16.8 Å². The van der Waals surface area contributed by atoms with E-state index in [2.05, 4.69) is 20.4 Å². The van der Waals surface area contributed by atoms with Gasteiger partial charge >= 0.3 is 6.18 Å². The number of nitrogens with zero attached hydrogens (tertiary/aromatic N) is 3. The van der Waals surface area contributed by atoms with E-state index in [9.17, 15) is 13.2 Å². The zero-order valence-corrected chi connectivity index (χ0v) is 10.1. The third-order valence-corrected chi connectivity index (χ3v) is 2.36. The van der Waals surface area contributed by atoms with Gasteiger partial charge in [0.05, 0.1) is 5.69 Å². The second-order valence-corrected chi connectivity index (χ2v) is 3.85.